The largest absolute Gasteiger partial charge is 0.456 e. The van der Waals surface area contributed by atoms with E-state index in [0.29, 0.717) is 6.42 Å². The molecule has 2 heterocycles. The van der Waals surface area contributed by atoms with Gasteiger partial charge in [0.1, 0.15) is 4.21 Å². The Morgan fingerprint density at radius 2 is 1.54 bits per heavy atom. The first kappa shape index (κ1) is 26.8. The molecule has 39 heavy (non-hydrogen) atoms. The predicted octanol–water partition coefficient (Wildman–Crippen LogP) is 4.88. The number of rotatable bonds is 9. The van der Waals surface area contributed by atoms with Crippen LogP contribution in [0.15, 0.2) is 107 Å². The molecule has 0 spiro atoms. The molecule has 0 unspecified atom stereocenters. The average molecular weight is 561 g/mol. The van der Waals surface area contributed by atoms with Crippen molar-refractivity contribution in [3.63, 3.8) is 0 Å². The molecule has 0 radical (unpaired) electrons. The van der Waals surface area contributed by atoms with Gasteiger partial charge in [0.2, 0.25) is 0 Å². The lowest BCUT2D eigenvalue weighted by molar-refractivity contribution is -0.149. The lowest BCUT2D eigenvalue weighted by Crippen LogP contribution is -2.41. The van der Waals surface area contributed by atoms with Gasteiger partial charge in [-0.2, -0.15) is 4.31 Å². The highest BCUT2D eigenvalue weighted by molar-refractivity contribution is 7.91. The monoisotopic (exact) mass is 560 g/mol. The fraction of sp³-hybridized carbons (Fsp3) is 0.200. The van der Waals surface area contributed by atoms with Crippen LogP contribution in [0.1, 0.15) is 40.8 Å². The molecule has 1 amide bonds. The van der Waals surface area contributed by atoms with Crippen molar-refractivity contribution in [3.8, 4) is 0 Å². The van der Waals surface area contributed by atoms with Crippen LogP contribution in [0, 0.1) is 0 Å². The van der Waals surface area contributed by atoms with Crippen molar-refractivity contribution in [2.24, 2.45) is 0 Å². The van der Waals surface area contributed by atoms with Gasteiger partial charge in [-0.15, -0.1) is 11.3 Å². The zero-order valence-electron chi connectivity index (χ0n) is 21.1. The summed E-state index contributed by atoms with van der Waals surface area (Å²) < 4.78 is 33.8. The number of benzene rings is 3. The molecule has 5 rings (SSSR count). The third-order valence-corrected chi connectivity index (χ3v) is 10.00. The Hall–Kier alpha value is -3.79. The van der Waals surface area contributed by atoms with Crippen LogP contribution in [0.4, 0.5) is 0 Å². The number of fused-ring (bicyclic) bond motifs is 1. The fourth-order valence-electron chi connectivity index (χ4n) is 4.87. The summed E-state index contributed by atoms with van der Waals surface area (Å²) in [7, 11) is -3.80. The topological polar surface area (TPSA) is 92.8 Å². The van der Waals surface area contributed by atoms with Gasteiger partial charge in [0.25, 0.3) is 15.9 Å². The fourth-order valence-corrected chi connectivity index (χ4v) is 7.59. The van der Waals surface area contributed by atoms with Gasteiger partial charge < -0.3 is 10.1 Å². The number of hydrogen-bond donors (Lipinski definition) is 1. The highest BCUT2D eigenvalue weighted by Gasteiger charge is 2.38. The molecule has 1 aliphatic rings. The molecule has 0 aliphatic carbocycles. The van der Waals surface area contributed by atoms with E-state index < -0.39 is 40.6 Å². The van der Waals surface area contributed by atoms with Gasteiger partial charge in [0.05, 0.1) is 18.5 Å². The Labute approximate surface area is 232 Å². The molecular formula is C30H28N2O5S2. The van der Waals surface area contributed by atoms with Crippen LogP contribution in [0.25, 0.3) is 0 Å². The third-order valence-electron chi connectivity index (χ3n) is 6.72. The summed E-state index contributed by atoms with van der Waals surface area (Å²) in [6.07, 6.45) is 0.352. The Kier molecular flexibility index (Phi) is 8.21. The van der Waals surface area contributed by atoms with Crippen molar-refractivity contribution in [2.45, 2.75) is 29.1 Å². The Bertz CT molecular complexity index is 1480. The van der Waals surface area contributed by atoms with Crippen LogP contribution in [-0.2, 0) is 30.8 Å². The lowest BCUT2D eigenvalue weighted by atomic mass is 9.92. The highest BCUT2D eigenvalue weighted by Crippen LogP contribution is 2.37. The number of amides is 1. The van der Waals surface area contributed by atoms with Gasteiger partial charge in [-0.1, -0.05) is 91.0 Å². The summed E-state index contributed by atoms with van der Waals surface area (Å²) >= 11 is 1.14. The van der Waals surface area contributed by atoms with E-state index in [1.165, 1.54) is 4.31 Å². The van der Waals surface area contributed by atoms with E-state index in [-0.39, 0.29) is 17.2 Å². The van der Waals surface area contributed by atoms with E-state index in [1.807, 2.05) is 84.9 Å². The van der Waals surface area contributed by atoms with E-state index in [9.17, 15) is 18.0 Å². The number of sulfonamides is 1. The number of hydrogen-bond acceptors (Lipinski definition) is 6. The van der Waals surface area contributed by atoms with Crippen LogP contribution >= 0.6 is 11.3 Å². The third kappa shape index (κ3) is 6.11. The minimum atomic E-state index is -3.80. The van der Waals surface area contributed by atoms with Gasteiger partial charge in [-0.05, 0) is 40.1 Å². The lowest BCUT2D eigenvalue weighted by Gasteiger charge is -2.35. The van der Waals surface area contributed by atoms with Gasteiger partial charge in [-0.25, -0.2) is 8.42 Å². The van der Waals surface area contributed by atoms with E-state index in [4.69, 9.17) is 4.74 Å². The molecule has 1 atom stereocenters. The maximum atomic E-state index is 13.4. The second-order valence-corrected chi connectivity index (χ2v) is 12.3. The van der Waals surface area contributed by atoms with Gasteiger partial charge in [0.15, 0.2) is 6.61 Å². The predicted molar refractivity (Wildman–Crippen MR) is 150 cm³/mol. The second-order valence-electron chi connectivity index (χ2n) is 9.20. The number of esters is 1. The standard InChI is InChI=1S/C30H28N2O5S2/c33-27(31-30(23-11-3-1-4-12-23)24-13-5-2-6-14-24)21-37-28(34)20-26-25-15-8-7-10-22(25)17-18-32(26)39(35,36)29-16-9-19-38-29/h1-16,19,26,30H,17-18,20-21H2,(H,31,33)/t26-/m1/s1. The van der Waals surface area contributed by atoms with Crippen molar-refractivity contribution in [3.05, 3.63) is 125 Å². The average Bonchev–Trinajstić information content (AvgIpc) is 3.52. The van der Waals surface area contributed by atoms with Gasteiger partial charge in [-0.3, -0.25) is 9.59 Å². The molecular weight excluding hydrogens is 532 g/mol. The van der Waals surface area contributed by atoms with Crippen LogP contribution in [0.5, 0.6) is 0 Å². The zero-order valence-corrected chi connectivity index (χ0v) is 22.7. The van der Waals surface area contributed by atoms with Crippen LogP contribution in [0.3, 0.4) is 0 Å². The molecule has 3 aromatic carbocycles. The summed E-state index contributed by atoms with van der Waals surface area (Å²) in [5.74, 6) is -1.10. The van der Waals surface area contributed by atoms with Crippen LogP contribution in [0.2, 0.25) is 0 Å². The summed E-state index contributed by atoms with van der Waals surface area (Å²) in [4.78, 5) is 25.9. The first-order valence-corrected chi connectivity index (χ1v) is 14.9. The molecule has 0 saturated carbocycles. The van der Waals surface area contributed by atoms with Gasteiger partial charge >= 0.3 is 5.97 Å². The van der Waals surface area contributed by atoms with E-state index in [2.05, 4.69) is 5.32 Å². The van der Waals surface area contributed by atoms with E-state index in [0.717, 1.165) is 33.6 Å². The normalized spacial score (nSPS) is 15.5. The van der Waals surface area contributed by atoms with Crippen molar-refractivity contribution in [1.29, 1.82) is 0 Å². The molecule has 0 saturated heterocycles. The van der Waals surface area contributed by atoms with Crippen LogP contribution < -0.4 is 5.32 Å². The Morgan fingerprint density at radius 1 is 0.897 bits per heavy atom. The first-order valence-electron chi connectivity index (χ1n) is 12.6. The smallest absolute Gasteiger partial charge is 0.308 e. The SMILES string of the molecule is O=C(COC(=O)C[C@@H]1c2ccccc2CCN1S(=O)(=O)c1cccs1)NC(c1ccccc1)c1ccccc1. The molecule has 1 N–H and O–H groups in total. The molecule has 1 aliphatic heterocycles. The summed E-state index contributed by atoms with van der Waals surface area (Å²) in [6, 6.07) is 28.7. The van der Waals surface area contributed by atoms with Gasteiger partial charge in [0, 0.05) is 6.54 Å². The number of nitrogens with one attached hydrogen (secondary N) is 1. The molecule has 9 heteroatoms. The minimum Gasteiger partial charge on any atom is -0.456 e. The van der Waals surface area contributed by atoms with E-state index in [1.54, 1.807) is 17.5 Å². The maximum Gasteiger partial charge on any atom is 0.308 e. The summed E-state index contributed by atoms with van der Waals surface area (Å²) in [6.45, 7) is -0.216. The quantitative estimate of drug-likeness (QED) is 0.295. The number of thiophene rings is 1. The van der Waals surface area contributed by atoms with Crippen LogP contribution in [-0.4, -0.2) is 37.8 Å². The maximum absolute atomic E-state index is 13.4. The number of nitrogens with zero attached hydrogens (tertiary/aromatic N) is 1. The minimum absolute atomic E-state index is 0.199. The summed E-state index contributed by atoms with van der Waals surface area (Å²) in [5, 5.41) is 4.67. The van der Waals surface area contributed by atoms with Crippen molar-refractivity contribution >= 4 is 33.2 Å². The number of carbonyl (C=O) groups is 2. The van der Waals surface area contributed by atoms with Crippen molar-refractivity contribution in [1.82, 2.24) is 9.62 Å². The number of ether oxygens (including phenoxy) is 1. The zero-order chi connectivity index (χ0) is 27.2. The number of carbonyl (C=O) groups excluding carboxylic acids is 2. The van der Waals surface area contributed by atoms with E-state index >= 15 is 0 Å². The first-order chi connectivity index (χ1) is 18.9. The van der Waals surface area contributed by atoms with Crippen molar-refractivity contribution < 1.29 is 22.7 Å². The summed E-state index contributed by atoms with van der Waals surface area (Å²) in [5.41, 5.74) is 3.57. The molecule has 7 nitrogen and oxygen atoms in total. The molecule has 0 fully saturated rings. The Morgan fingerprint density at radius 3 is 2.18 bits per heavy atom. The Balaban J connectivity index is 1.29. The molecule has 1 aromatic heterocycles. The van der Waals surface area contributed by atoms with Crippen molar-refractivity contribution in [2.75, 3.05) is 13.2 Å². The molecule has 4 aromatic rings. The molecule has 200 valence electrons. The second kappa shape index (κ2) is 11.9. The molecule has 0 bridgehead atoms. The highest BCUT2D eigenvalue weighted by atomic mass is 32.2.